The van der Waals surface area contributed by atoms with E-state index in [1.807, 2.05) is 55.5 Å². The van der Waals surface area contributed by atoms with Crippen LogP contribution < -0.4 is 16.0 Å². The van der Waals surface area contributed by atoms with Gasteiger partial charge < -0.3 is 16.0 Å². The fraction of sp³-hybridized carbons (Fsp3) is 0.105. The number of anilines is 3. The molecule has 1 heterocycles. The van der Waals surface area contributed by atoms with Crippen LogP contribution in [0, 0.1) is 6.92 Å². The van der Waals surface area contributed by atoms with Gasteiger partial charge in [-0.25, -0.2) is 14.8 Å². The van der Waals surface area contributed by atoms with E-state index in [1.54, 1.807) is 6.20 Å². The second kappa shape index (κ2) is 8.31. The van der Waals surface area contributed by atoms with Crippen molar-refractivity contribution in [2.24, 2.45) is 0 Å². The minimum atomic E-state index is -0.295. The second-order valence-electron chi connectivity index (χ2n) is 5.69. The van der Waals surface area contributed by atoms with Crippen LogP contribution in [0.4, 0.5) is 22.0 Å². The number of aromatic nitrogens is 2. The zero-order valence-electron chi connectivity index (χ0n) is 14.2. The van der Waals surface area contributed by atoms with Gasteiger partial charge in [0.15, 0.2) is 11.0 Å². The molecule has 0 radical (unpaired) electrons. The Kier molecular flexibility index (Phi) is 5.66. The lowest BCUT2D eigenvalue weighted by molar-refractivity contribution is 0.262. The van der Waals surface area contributed by atoms with Crippen LogP contribution >= 0.6 is 11.6 Å². The van der Waals surface area contributed by atoms with Gasteiger partial charge in [-0.1, -0.05) is 41.4 Å². The Labute approximate surface area is 156 Å². The van der Waals surface area contributed by atoms with Crippen LogP contribution in [0.15, 0.2) is 60.9 Å². The molecule has 7 heteroatoms. The fourth-order valence-electron chi connectivity index (χ4n) is 2.31. The van der Waals surface area contributed by atoms with Crippen molar-refractivity contribution in [1.29, 1.82) is 0 Å². The van der Waals surface area contributed by atoms with E-state index in [9.17, 15) is 4.79 Å². The molecule has 26 heavy (non-hydrogen) atoms. The van der Waals surface area contributed by atoms with Crippen LogP contribution in [0.2, 0.25) is 5.15 Å². The lowest BCUT2D eigenvalue weighted by Crippen LogP contribution is -2.19. The van der Waals surface area contributed by atoms with Crippen molar-refractivity contribution >= 4 is 34.8 Å². The summed E-state index contributed by atoms with van der Waals surface area (Å²) in [5, 5.41) is 9.06. The summed E-state index contributed by atoms with van der Waals surface area (Å²) in [4.78, 5) is 20.2. The summed E-state index contributed by atoms with van der Waals surface area (Å²) in [5.74, 6) is 0.518. The van der Waals surface area contributed by atoms with Gasteiger partial charge >= 0.3 is 6.03 Å². The highest BCUT2D eigenvalue weighted by atomic mass is 35.5. The van der Waals surface area contributed by atoms with Gasteiger partial charge in [0, 0.05) is 30.3 Å². The van der Waals surface area contributed by atoms with Crippen molar-refractivity contribution in [3.63, 3.8) is 0 Å². The quantitative estimate of drug-likeness (QED) is 0.611. The zero-order chi connectivity index (χ0) is 18.4. The summed E-state index contributed by atoms with van der Waals surface area (Å²) in [6.07, 6.45) is 3.10. The van der Waals surface area contributed by atoms with Crippen molar-refractivity contribution < 1.29 is 4.79 Å². The Hall–Kier alpha value is -3.12. The van der Waals surface area contributed by atoms with Gasteiger partial charge in [0.2, 0.25) is 0 Å². The molecule has 2 aromatic carbocycles. The molecule has 3 N–H and O–H groups in total. The maximum atomic E-state index is 12.1. The van der Waals surface area contributed by atoms with Gasteiger partial charge in [0.25, 0.3) is 0 Å². The summed E-state index contributed by atoms with van der Waals surface area (Å²) in [6.45, 7) is 2.51. The van der Waals surface area contributed by atoms with Crippen LogP contribution in [-0.4, -0.2) is 16.0 Å². The molecular formula is C19H18ClN5O. The molecule has 0 unspecified atom stereocenters. The minimum absolute atomic E-state index is 0.295. The van der Waals surface area contributed by atoms with Crippen LogP contribution in [0.25, 0.3) is 0 Å². The number of nitrogens with one attached hydrogen (secondary N) is 3. The smallest absolute Gasteiger partial charge is 0.323 e. The molecule has 0 saturated heterocycles. The molecule has 1 aromatic heterocycles. The van der Waals surface area contributed by atoms with Crippen molar-refractivity contribution in [3.05, 3.63) is 77.2 Å². The number of aryl methyl sites for hydroxylation is 1. The zero-order valence-corrected chi connectivity index (χ0v) is 14.9. The molecule has 0 aliphatic rings. The molecule has 0 aliphatic heterocycles. The Bertz CT molecular complexity index is 898. The number of hydrogen-bond donors (Lipinski definition) is 3. The number of nitrogens with zero attached hydrogens (tertiary/aromatic N) is 2. The molecule has 0 aliphatic carbocycles. The Morgan fingerprint density at radius 3 is 2.50 bits per heavy atom. The number of rotatable bonds is 5. The molecule has 2 amide bonds. The first kappa shape index (κ1) is 17.7. The second-order valence-corrected chi connectivity index (χ2v) is 6.05. The highest BCUT2D eigenvalue weighted by molar-refractivity contribution is 6.31. The molecule has 3 aromatic rings. The molecule has 132 valence electrons. The molecule has 0 spiro atoms. The molecule has 0 saturated carbocycles. The van der Waals surface area contributed by atoms with E-state index in [-0.39, 0.29) is 6.03 Å². The number of amides is 2. The Morgan fingerprint density at radius 1 is 1.00 bits per heavy atom. The van der Waals surface area contributed by atoms with E-state index in [1.165, 1.54) is 6.20 Å². The molecule has 3 rings (SSSR count). The standard InChI is InChI=1S/C19H18ClN5O/c1-13-5-7-15(8-6-13)24-19(26)25-16-4-2-3-14(11-16)12-23-18-17(20)21-9-10-22-18/h2-11H,12H2,1H3,(H,22,23)(H2,24,25,26). The largest absolute Gasteiger partial charge is 0.363 e. The molecule has 6 nitrogen and oxygen atoms in total. The van der Waals surface area contributed by atoms with Gasteiger partial charge in [-0.3, -0.25) is 0 Å². The van der Waals surface area contributed by atoms with E-state index < -0.39 is 0 Å². The average molecular weight is 368 g/mol. The average Bonchev–Trinajstić information content (AvgIpc) is 2.63. The summed E-state index contributed by atoms with van der Waals surface area (Å²) < 4.78 is 0. The van der Waals surface area contributed by atoms with Gasteiger partial charge in [0.1, 0.15) is 0 Å². The lowest BCUT2D eigenvalue weighted by atomic mass is 10.2. The first-order valence-electron chi connectivity index (χ1n) is 8.04. The first-order valence-corrected chi connectivity index (χ1v) is 8.42. The lowest BCUT2D eigenvalue weighted by Gasteiger charge is -2.10. The van der Waals surface area contributed by atoms with E-state index >= 15 is 0 Å². The number of halogens is 1. The van der Waals surface area contributed by atoms with Crippen LogP contribution in [-0.2, 0) is 6.54 Å². The summed E-state index contributed by atoms with van der Waals surface area (Å²) in [6, 6.07) is 14.8. The molecule has 0 fully saturated rings. The van der Waals surface area contributed by atoms with E-state index in [0.29, 0.717) is 23.2 Å². The van der Waals surface area contributed by atoms with Crippen molar-refractivity contribution in [2.75, 3.05) is 16.0 Å². The first-order chi connectivity index (χ1) is 12.6. The van der Waals surface area contributed by atoms with Crippen LogP contribution in [0.5, 0.6) is 0 Å². The third-order valence-electron chi connectivity index (χ3n) is 3.61. The highest BCUT2D eigenvalue weighted by Crippen LogP contribution is 2.17. The monoisotopic (exact) mass is 367 g/mol. The number of benzene rings is 2. The number of carbonyl (C=O) groups excluding carboxylic acids is 1. The van der Waals surface area contributed by atoms with E-state index in [4.69, 9.17) is 11.6 Å². The van der Waals surface area contributed by atoms with Gasteiger partial charge in [-0.2, -0.15) is 0 Å². The number of urea groups is 1. The summed E-state index contributed by atoms with van der Waals surface area (Å²) >= 11 is 5.98. The van der Waals surface area contributed by atoms with Gasteiger partial charge in [0.05, 0.1) is 0 Å². The fourth-order valence-corrected chi connectivity index (χ4v) is 2.49. The van der Waals surface area contributed by atoms with E-state index in [0.717, 1.165) is 16.8 Å². The van der Waals surface area contributed by atoms with Crippen LogP contribution in [0.3, 0.4) is 0 Å². The Morgan fingerprint density at radius 2 is 1.73 bits per heavy atom. The predicted octanol–water partition coefficient (Wildman–Crippen LogP) is 4.69. The third kappa shape index (κ3) is 4.94. The van der Waals surface area contributed by atoms with Crippen LogP contribution in [0.1, 0.15) is 11.1 Å². The summed E-state index contributed by atoms with van der Waals surface area (Å²) in [7, 11) is 0. The van der Waals surface area contributed by atoms with Gasteiger partial charge in [-0.05, 0) is 36.8 Å². The maximum Gasteiger partial charge on any atom is 0.323 e. The molecule has 0 atom stereocenters. The molecule has 0 bridgehead atoms. The molecular weight excluding hydrogens is 350 g/mol. The topological polar surface area (TPSA) is 78.9 Å². The van der Waals surface area contributed by atoms with Crippen molar-refractivity contribution in [2.45, 2.75) is 13.5 Å². The number of hydrogen-bond acceptors (Lipinski definition) is 4. The maximum absolute atomic E-state index is 12.1. The third-order valence-corrected chi connectivity index (χ3v) is 3.88. The highest BCUT2D eigenvalue weighted by Gasteiger charge is 2.05. The van der Waals surface area contributed by atoms with E-state index in [2.05, 4.69) is 25.9 Å². The SMILES string of the molecule is Cc1ccc(NC(=O)Nc2cccc(CNc3nccnc3Cl)c2)cc1. The Balaban J connectivity index is 1.59. The normalized spacial score (nSPS) is 10.2. The van der Waals surface area contributed by atoms with Gasteiger partial charge in [-0.15, -0.1) is 0 Å². The van der Waals surface area contributed by atoms with Crippen molar-refractivity contribution in [3.8, 4) is 0 Å². The summed E-state index contributed by atoms with van der Waals surface area (Å²) in [5.41, 5.74) is 3.54. The minimum Gasteiger partial charge on any atom is -0.363 e. The van der Waals surface area contributed by atoms with Crippen molar-refractivity contribution in [1.82, 2.24) is 9.97 Å². The predicted molar refractivity (Wildman–Crippen MR) is 105 cm³/mol. The number of carbonyl (C=O) groups is 1.